The summed E-state index contributed by atoms with van der Waals surface area (Å²) in [5.41, 5.74) is 1.73. The molecule has 2 aromatic carbocycles. The van der Waals surface area contributed by atoms with E-state index in [0.717, 1.165) is 17.2 Å². The van der Waals surface area contributed by atoms with Crippen LogP contribution in [-0.2, 0) is 19.6 Å². The van der Waals surface area contributed by atoms with Crippen LogP contribution in [0.4, 0.5) is 8.78 Å². The summed E-state index contributed by atoms with van der Waals surface area (Å²) in [4.78, 5) is 15.1. The van der Waals surface area contributed by atoms with Gasteiger partial charge in [0.15, 0.2) is 29.2 Å². The smallest absolute Gasteiger partial charge is 0.256 e. The molecule has 0 aromatic heterocycles. The zero-order chi connectivity index (χ0) is 27.0. The van der Waals surface area contributed by atoms with E-state index in [1.54, 1.807) is 13.1 Å². The number of sulfonamides is 1. The van der Waals surface area contributed by atoms with Crippen LogP contribution in [0.25, 0.3) is 0 Å². The van der Waals surface area contributed by atoms with E-state index in [9.17, 15) is 22.0 Å². The van der Waals surface area contributed by atoms with Gasteiger partial charge in [0.25, 0.3) is 5.91 Å². The van der Waals surface area contributed by atoms with Crippen molar-refractivity contribution in [3.05, 3.63) is 63.7 Å². The van der Waals surface area contributed by atoms with Crippen molar-refractivity contribution in [2.45, 2.75) is 11.0 Å². The molecule has 0 saturated carbocycles. The van der Waals surface area contributed by atoms with Crippen molar-refractivity contribution < 1.29 is 36.2 Å². The molecule has 0 saturated heterocycles. The number of nitrogens with zero attached hydrogens (tertiary/aromatic N) is 2. The summed E-state index contributed by atoms with van der Waals surface area (Å²) in [5, 5.41) is 2.45. The lowest BCUT2D eigenvalue weighted by Crippen LogP contribution is -2.39. The Morgan fingerprint density at radius 3 is 2.42 bits per heavy atom. The van der Waals surface area contributed by atoms with Gasteiger partial charge in [0.05, 0.1) is 16.5 Å². The summed E-state index contributed by atoms with van der Waals surface area (Å²) >= 11 is 5.82. The Balaban J connectivity index is 1.29. The molecule has 1 N–H and O–H groups in total. The van der Waals surface area contributed by atoms with Gasteiger partial charge in [-0.25, -0.2) is 17.2 Å². The highest BCUT2D eigenvalue weighted by atomic mass is 35.5. The molecule has 1 amide bonds. The van der Waals surface area contributed by atoms with Crippen molar-refractivity contribution in [3.63, 3.8) is 0 Å². The molecule has 0 fully saturated rings. The van der Waals surface area contributed by atoms with Gasteiger partial charge in [0.2, 0.25) is 10.0 Å². The predicted molar refractivity (Wildman–Crippen MR) is 134 cm³/mol. The average Bonchev–Trinajstić information content (AvgIpc) is 3.49. The van der Waals surface area contributed by atoms with E-state index in [0.29, 0.717) is 31.3 Å². The fraction of sp³-hybridized carbons (Fsp3) is 0.400. The number of carbonyl (C=O) groups is 1. The van der Waals surface area contributed by atoms with Gasteiger partial charge in [-0.1, -0.05) is 11.6 Å². The van der Waals surface area contributed by atoms with Crippen LogP contribution in [0.2, 0.25) is 5.02 Å². The first-order valence-corrected chi connectivity index (χ1v) is 13.8. The summed E-state index contributed by atoms with van der Waals surface area (Å²) in [6.07, 6.45) is -1.20. The largest absolute Gasteiger partial charge is 0.486 e. The van der Waals surface area contributed by atoms with Crippen LogP contribution >= 0.6 is 11.6 Å². The number of likely N-dealkylation sites (N-methyl/N-ethyl adjacent to an activating group) is 1. The zero-order valence-corrected chi connectivity index (χ0v) is 22.1. The summed E-state index contributed by atoms with van der Waals surface area (Å²) in [6.45, 7) is 2.00. The number of amides is 1. The first kappa shape index (κ1) is 26.8. The van der Waals surface area contributed by atoms with Gasteiger partial charge < -0.3 is 24.4 Å². The second-order valence-corrected chi connectivity index (χ2v) is 11.5. The van der Waals surface area contributed by atoms with E-state index in [1.165, 1.54) is 27.4 Å². The zero-order valence-electron chi connectivity index (χ0n) is 20.5. The van der Waals surface area contributed by atoms with E-state index in [1.807, 2.05) is 0 Å². The maximum atomic E-state index is 14.1. The second kappa shape index (κ2) is 10.8. The molecule has 38 heavy (non-hydrogen) atoms. The molecular weight excluding hydrogens is 544 g/mol. The molecule has 0 radical (unpaired) electrons. The van der Waals surface area contributed by atoms with Crippen molar-refractivity contribution >= 4 is 27.5 Å². The van der Waals surface area contributed by atoms with Crippen molar-refractivity contribution in [2.75, 3.05) is 59.6 Å². The van der Waals surface area contributed by atoms with Gasteiger partial charge in [-0.3, -0.25) is 4.79 Å². The van der Waals surface area contributed by atoms with Crippen molar-refractivity contribution in [1.82, 2.24) is 14.5 Å². The monoisotopic (exact) mass is 569 g/mol. The third-order valence-electron chi connectivity index (χ3n) is 6.63. The van der Waals surface area contributed by atoms with Crippen LogP contribution in [0.3, 0.4) is 0 Å². The number of benzene rings is 2. The summed E-state index contributed by atoms with van der Waals surface area (Å²) in [7, 11) is -2.09. The lowest BCUT2D eigenvalue weighted by atomic mass is 10.1. The van der Waals surface area contributed by atoms with E-state index in [4.69, 9.17) is 25.8 Å². The lowest BCUT2D eigenvalue weighted by molar-refractivity contribution is -0.143. The molecule has 5 rings (SSSR count). The third-order valence-corrected chi connectivity index (χ3v) is 8.69. The second-order valence-electron chi connectivity index (χ2n) is 9.13. The Bertz CT molecular complexity index is 1360. The average molecular weight is 570 g/mol. The quantitative estimate of drug-likeness (QED) is 0.296. The molecule has 1 unspecified atom stereocenters. The lowest BCUT2D eigenvalue weighted by Gasteiger charge is -2.27. The minimum atomic E-state index is -3.81. The molecule has 1 atom stereocenters. The molecule has 0 bridgehead atoms. The van der Waals surface area contributed by atoms with Gasteiger partial charge in [-0.2, -0.15) is 4.31 Å². The van der Waals surface area contributed by atoms with Gasteiger partial charge in [0.1, 0.15) is 13.2 Å². The SMILES string of the molecule is CNCCOC(C(=O)N1CC2=C(C1)CN(S(=O)(=O)c1ccc3c(c1)OCCO3)C2)c1cc(F)c(F)c(Cl)c1. The Hall–Kier alpha value is -2.77. The number of nitrogens with one attached hydrogen (secondary N) is 1. The van der Waals surface area contributed by atoms with E-state index in [-0.39, 0.29) is 43.2 Å². The Morgan fingerprint density at radius 2 is 1.76 bits per heavy atom. The third kappa shape index (κ3) is 5.10. The number of rotatable bonds is 8. The van der Waals surface area contributed by atoms with Crippen LogP contribution < -0.4 is 14.8 Å². The highest BCUT2D eigenvalue weighted by molar-refractivity contribution is 7.89. The molecule has 9 nitrogen and oxygen atoms in total. The molecule has 0 spiro atoms. The fourth-order valence-electron chi connectivity index (χ4n) is 4.69. The number of carbonyl (C=O) groups excluding carboxylic acids is 1. The van der Waals surface area contributed by atoms with Crippen LogP contribution in [0.15, 0.2) is 46.4 Å². The Labute approximate surface area is 223 Å². The molecular formula is C25H26ClF2N3O6S. The molecule has 3 aliphatic rings. The fourth-order valence-corrected chi connectivity index (χ4v) is 6.35. The van der Waals surface area contributed by atoms with Crippen molar-refractivity contribution in [1.29, 1.82) is 0 Å². The maximum absolute atomic E-state index is 14.1. The van der Waals surface area contributed by atoms with Gasteiger partial charge >= 0.3 is 0 Å². The Kier molecular flexibility index (Phi) is 7.60. The standard InChI is InChI=1S/C25H26ClF2N3O6S/c1-29-4-5-37-24(15-8-19(26)23(28)20(27)9-15)25(32)30-11-16-13-31(14-17(16)12-30)38(33,34)18-2-3-21-22(10-18)36-7-6-35-21/h2-3,8-10,24,29H,4-7,11-14H2,1H3. The van der Waals surface area contributed by atoms with Gasteiger partial charge in [-0.05, 0) is 48.0 Å². The van der Waals surface area contributed by atoms with Gasteiger partial charge in [-0.15, -0.1) is 0 Å². The van der Waals surface area contributed by atoms with Crippen LogP contribution in [-0.4, -0.2) is 83.1 Å². The molecule has 0 aliphatic carbocycles. The van der Waals surface area contributed by atoms with E-state index >= 15 is 0 Å². The number of fused-ring (bicyclic) bond motifs is 1. The van der Waals surface area contributed by atoms with E-state index in [2.05, 4.69) is 5.32 Å². The van der Waals surface area contributed by atoms with E-state index < -0.39 is 38.7 Å². The number of hydrogen-bond acceptors (Lipinski definition) is 7. The normalized spacial score (nSPS) is 18.2. The first-order valence-electron chi connectivity index (χ1n) is 12.0. The first-order chi connectivity index (χ1) is 18.2. The van der Waals surface area contributed by atoms with Crippen molar-refractivity contribution in [3.8, 4) is 11.5 Å². The predicted octanol–water partition coefficient (Wildman–Crippen LogP) is 2.51. The number of halogens is 3. The maximum Gasteiger partial charge on any atom is 0.256 e. The number of hydrogen-bond donors (Lipinski definition) is 1. The number of ether oxygens (including phenoxy) is 3. The summed E-state index contributed by atoms with van der Waals surface area (Å²) in [6, 6.07) is 6.62. The van der Waals surface area contributed by atoms with Crippen LogP contribution in [0.5, 0.6) is 11.5 Å². The topological polar surface area (TPSA) is 97.4 Å². The summed E-state index contributed by atoms with van der Waals surface area (Å²) < 4.78 is 72.6. The van der Waals surface area contributed by atoms with Crippen LogP contribution in [0.1, 0.15) is 11.7 Å². The minimum absolute atomic E-state index is 0.101. The molecule has 13 heteroatoms. The summed E-state index contributed by atoms with van der Waals surface area (Å²) in [5.74, 6) is -1.93. The van der Waals surface area contributed by atoms with Crippen LogP contribution in [0, 0.1) is 11.6 Å². The highest BCUT2D eigenvalue weighted by Gasteiger charge is 2.40. The molecule has 204 valence electrons. The highest BCUT2D eigenvalue weighted by Crippen LogP contribution is 2.36. The molecule has 3 aliphatic heterocycles. The van der Waals surface area contributed by atoms with Crippen molar-refractivity contribution in [2.24, 2.45) is 0 Å². The molecule has 3 heterocycles. The van der Waals surface area contributed by atoms with Gasteiger partial charge in [0, 0.05) is 38.8 Å². The molecule has 2 aromatic rings. The Morgan fingerprint density at radius 1 is 1.08 bits per heavy atom. The minimum Gasteiger partial charge on any atom is -0.486 e.